The smallest absolute Gasteiger partial charge is 0.278 e. The summed E-state index contributed by atoms with van der Waals surface area (Å²) < 4.78 is 0. The second-order valence-corrected chi connectivity index (χ2v) is 4.31. The van der Waals surface area contributed by atoms with E-state index in [0.717, 1.165) is 18.7 Å². The van der Waals surface area contributed by atoms with Crippen LogP contribution in [0.4, 0.5) is 5.69 Å². The van der Waals surface area contributed by atoms with Crippen molar-refractivity contribution in [2.75, 3.05) is 11.9 Å². The fraction of sp³-hybridized carbons (Fsp3) is 0.200. The Balaban J connectivity index is 2.10. The van der Waals surface area contributed by atoms with E-state index in [1.807, 2.05) is 25.1 Å². The van der Waals surface area contributed by atoms with Crippen molar-refractivity contribution in [1.82, 2.24) is 10.3 Å². The number of benzene rings is 1. The summed E-state index contributed by atoms with van der Waals surface area (Å²) in [4.78, 5) is 15.9. The van der Waals surface area contributed by atoms with Crippen molar-refractivity contribution in [3.05, 3.63) is 53.9 Å². The van der Waals surface area contributed by atoms with Crippen molar-refractivity contribution in [3.63, 3.8) is 0 Å². The van der Waals surface area contributed by atoms with Crippen molar-refractivity contribution in [3.8, 4) is 5.75 Å². The van der Waals surface area contributed by atoms with Crippen LogP contribution >= 0.6 is 0 Å². The number of hydrogen-bond acceptors (Lipinski definition) is 4. The number of aromatic nitrogens is 1. The van der Waals surface area contributed by atoms with Crippen molar-refractivity contribution < 1.29 is 9.90 Å². The average molecular weight is 271 g/mol. The molecule has 5 heteroatoms. The molecule has 0 aliphatic carbocycles. The molecular formula is C15H17N3O2. The first-order valence-corrected chi connectivity index (χ1v) is 6.45. The van der Waals surface area contributed by atoms with E-state index in [4.69, 9.17) is 0 Å². The van der Waals surface area contributed by atoms with Crippen molar-refractivity contribution >= 4 is 11.6 Å². The lowest BCUT2D eigenvalue weighted by atomic mass is 10.2. The van der Waals surface area contributed by atoms with E-state index in [1.54, 1.807) is 12.1 Å². The number of pyridine rings is 1. The van der Waals surface area contributed by atoms with Crippen LogP contribution in [0.5, 0.6) is 5.75 Å². The number of amides is 1. The topological polar surface area (TPSA) is 74.2 Å². The normalized spacial score (nSPS) is 10.2. The Bertz CT molecular complexity index is 599. The van der Waals surface area contributed by atoms with E-state index in [9.17, 15) is 9.90 Å². The number of nitrogens with zero attached hydrogens (tertiary/aromatic N) is 1. The minimum absolute atomic E-state index is 0.0181. The Hall–Kier alpha value is -2.40. The molecule has 2 aromatic rings. The summed E-state index contributed by atoms with van der Waals surface area (Å²) in [6, 6.07) is 10.6. The highest BCUT2D eigenvalue weighted by Gasteiger charge is 2.12. The Morgan fingerprint density at radius 1 is 1.30 bits per heavy atom. The van der Waals surface area contributed by atoms with Gasteiger partial charge in [-0.1, -0.05) is 19.1 Å². The van der Waals surface area contributed by atoms with Gasteiger partial charge in [0, 0.05) is 18.4 Å². The molecule has 0 aliphatic rings. The molecule has 0 spiro atoms. The largest absolute Gasteiger partial charge is 0.505 e. The first-order valence-electron chi connectivity index (χ1n) is 6.45. The molecule has 0 aliphatic heterocycles. The molecule has 0 radical (unpaired) electrons. The molecule has 3 N–H and O–H groups in total. The van der Waals surface area contributed by atoms with Gasteiger partial charge in [-0.15, -0.1) is 0 Å². The molecule has 0 unspecified atom stereocenters. The van der Waals surface area contributed by atoms with E-state index < -0.39 is 5.91 Å². The highest BCUT2D eigenvalue weighted by atomic mass is 16.3. The molecule has 1 aromatic heterocycles. The van der Waals surface area contributed by atoms with Gasteiger partial charge in [0.05, 0.1) is 0 Å². The number of aromatic hydroxyl groups is 1. The number of rotatable bonds is 5. The van der Waals surface area contributed by atoms with Gasteiger partial charge in [-0.2, -0.15) is 0 Å². The van der Waals surface area contributed by atoms with Crippen molar-refractivity contribution in [2.45, 2.75) is 13.5 Å². The second kappa shape index (κ2) is 6.68. The van der Waals surface area contributed by atoms with Gasteiger partial charge in [-0.25, -0.2) is 4.98 Å². The molecule has 0 fully saturated rings. The number of carbonyl (C=O) groups excluding carboxylic acids is 1. The van der Waals surface area contributed by atoms with Crippen LogP contribution in [0.15, 0.2) is 42.6 Å². The van der Waals surface area contributed by atoms with Crippen LogP contribution in [0.25, 0.3) is 0 Å². The highest BCUT2D eigenvalue weighted by molar-refractivity contribution is 6.04. The number of hydrogen-bond donors (Lipinski definition) is 3. The first-order chi connectivity index (χ1) is 9.70. The third-order valence-electron chi connectivity index (χ3n) is 2.77. The Labute approximate surface area is 117 Å². The number of anilines is 1. The third kappa shape index (κ3) is 3.55. The van der Waals surface area contributed by atoms with Gasteiger partial charge in [-0.3, -0.25) is 4.79 Å². The third-order valence-corrected chi connectivity index (χ3v) is 2.77. The predicted molar refractivity (Wildman–Crippen MR) is 77.7 cm³/mol. The summed E-state index contributed by atoms with van der Waals surface area (Å²) in [6.45, 7) is 3.67. The van der Waals surface area contributed by atoms with Gasteiger partial charge in [0.25, 0.3) is 5.91 Å². The molecule has 1 amide bonds. The van der Waals surface area contributed by atoms with Crippen LogP contribution in [0, 0.1) is 0 Å². The Kier molecular flexibility index (Phi) is 4.68. The van der Waals surface area contributed by atoms with Gasteiger partial charge in [0.15, 0.2) is 5.69 Å². The van der Waals surface area contributed by atoms with Crippen LogP contribution < -0.4 is 10.6 Å². The minimum Gasteiger partial charge on any atom is -0.505 e. The quantitative estimate of drug-likeness (QED) is 0.779. The summed E-state index contributed by atoms with van der Waals surface area (Å²) in [7, 11) is 0. The molecule has 0 bridgehead atoms. The number of nitrogens with one attached hydrogen (secondary N) is 2. The van der Waals surface area contributed by atoms with Gasteiger partial charge >= 0.3 is 0 Å². The summed E-state index contributed by atoms with van der Waals surface area (Å²) in [5.41, 5.74) is 1.77. The highest BCUT2D eigenvalue weighted by Crippen LogP contribution is 2.16. The molecule has 2 rings (SSSR count). The zero-order valence-electron chi connectivity index (χ0n) is 11.3. The van der Waals surface area contributed by atoms with Crippen LogP contribution in [-0.4, -0.2) is 22.5 Å². The Morgan fingerprint density at radius 2 is 2.15 bits per heavy atom. The maximum Gasteiger partial charge on any atom is 0.278 e. The zero-order chi connectivity index (χ0) is 14.4. The van der Waals surface area contributed by atoms with Gasteiger partial charge in [-0.05, 0) is 36.4 Å². The van der Waals surface area contributed by atoms with Crippen LogP contribution in [0.1, 0.15) is 23.0 Å². The van der Waals surface area contributed by atoms with E-state index in [2.05, 4.69) is 15.6 Å². The zero-order valence-corrected chi connectivity index (χ0v) is 11.3. The minimum atomic E-state index is -0.427. The summed E-state index contributed by atoms with van der Waals surface area (Å²) in [5, 5.41) is 15.5. The van der Waals surface area contributed by atoms with Crippen LogP contribution in [0.2, 0.25) is 0 Å². The molecule has 0 saturated heterocycles. The summed E-state index contributed by atoms with van der Waals surface area (Å²) >= 11 is 0. The standard InChI is InChI=1S/C15H17N3O2/c1-2-16-10-11-5-3-6-12(9-11)18-15(20)14-13(19)7-4-8-17-14/h3-9,16,19H,2,10H2,1H3,(H,18,20). The van der Waals surface area contributed by atoms with Gasteiger partial charge < -0.3 is 15.7 Å². The number of carbonyl (C=O) groups is 1. The lowest BCUT2D eigenvalue weighted by Crippen LogP contribution is -2.15. The van der Waals surface area contributed by atoms with E-state index in [0.29, 0.717) is 5.69 Å². The average Bonchev–Trinajstić information content (AvgIpc) is 2.46. The molecule has 0 atom stereocenters. The molecule has 20 heavy (non-hydrogen) atoms. The predicted octanol–water partition coefficient (Wildman–Crippen LogP) is 2.15. The van der Waals surface area contributed by atoms with E-state index in [1.165, 1.54) is 12.3 Å². The molecular weight excluding hydrogens is 254 g/mol. The van der Waals surface area contributed by atoms with Crippen molar-refractivity contribution in [1.29, 1.82) is 0 Å². The van der Waals surface area contributed by atoms with E-state index >= 15 is 0 Å². The van der Waals surface area contributed by atoms with Crippen LogP contribution in [0.3, 0.4) is 0 Å². The fourth-order valence-electron chi connectivity index (χ4n) is 1.79. The maximum absolute atomic E-state index is 12.0. The maximum atomic E-state index is 12.0. The SMILES string of the molecule is CCNCc1cccc(NC(=O)c2ncccc2O)c1. The van der Waals surface area contributed by atoms with Crippen molar-refractivity contribution in [2.24, 2.45) is 0 Å². The lowest BCUT2D eigenvalue weighted by Gasteiger charge is -2.08. The lowest BCUT2D eigenvalue weighted by molar-refractivity contribution is 0.101. The monoisotopic (exact) mass is 271 g/mol. The van der Waals surface area contributed by atoms with Gasteiger partial charge in [0.2, 0.25) is 0 Å². The van der Waals surface area contributed by atoms with Crippen LogP contribution in [-0.2, 0) is 6.54 Å². The van der Waals surface area contributed by atoms with E-state index in [-0.39, 0.29) is 11.4 Å². The summed E-state index contributed by atoms with van der Waals surface area (Å²) in [6.07, 6.45) is 1.47. The Morgan fingerprint density at radius 3 is 2.90 bits per heavy atom. The van der Waals surface area contributed by atoms with Gasteiger partial charge in [0.1, 0.15) is 5.75 Å². The molecule has 0 saturated carbocycles. The fourth-order valence-corrected chi connectivity index (χ4v) is 1.79. The second-order valence-electron chi connectivity index (χ2n) is 4.31. The molecule has 104 valence electrons. The molecule has 1 aromatic carbocycles. The molecule has 5 nitrogen and oxygen atoms in total. The summed E-state index contributed by atoms with van der Waals surface area (Å²) in [5.74, 6) is -0.558. The first kappa shape index (κ1) is 14.0. The molecule has 1 heterocycles.